The molecule has 0 aliphatic heterocycles. The normalized spacial score (nSPS) is 27.8. The molecule has 3 rings (SSSR count). The third-order valence-corrected chi connectivity index (χ3v) is 4.86. The van der Waals surface area contributed by atoms with Gasteiger partial charge in [0.05, 0.1) is 0 Å². The molecule has 4 heteroatoms. The number of amides is 1. The highest BCUT2D eigenvalue weighted by Gasteiger charge is 2.40. The monoisotopic (exact) mass is 292 g/mol. The van der Waals surface area contributed by atoms with Crippen LogP contribution in [0.5, 0.6) is 0 Å². The number of aromatic nitrogens is 1. The minimum Gasteiger partial charge on any atom is -0.349 e. The molecule has 0 spiro atoms. The molecule has 0 radical (unpaired) electrons. The van der Waals surface area contributed by atoms with E-state index in [0.717, 1.165) is 30.9 Å². The molecule has 0 saturated heterocycles. The van der Waals surface area contributed by atoms with Crippen LogP contribution in [0.15, 0.2) is 12.1 Å². The number of rotatable bonds is 4. The molecule has 2 aliphatic carbocycles. The van der Waals surface area contributed by atoms with Crippen LogP contribution in [0.4, 0.5) is 0 Å². The first kappa shape index (κ1) is 13.9. The molecular weight excluding hydrogens is 272 g/mol. The van der Waals surface area contributed by atoms with Gasteiger partial charge in [0.1, 0.15) is 5.15 Å². The van der Waals surface area contributed by atoms with E-state index in [1.165, 1.54) is 19.3 Å². The lowest BCUT2D eigenvalue weighted by Crippen LogP contribution is -2.38. The van der Waals surface area contributed by atoms with Gasteiger partial charge in [-0.2, -0.15) is 0 Å². The Kier molecular flexibility index (Phi) is 3.97. The molecular formula is C16H21ClN2O. The van der Waals surface area contributed by atoms with E-state index in [2.05, 4.69) is 17.2 Å². The first-order valence-electron chi connectivity index (χ1n) is 7.63. The Balaban J connectivity index is 1.70. The second-order valence-corrected chi connectivity index (χ2v) is 6.56. The highest BCUT2D eigenvalue weighted by molar-refractivity contribution is 6.29. The SMILES string of the molecule is CCCc1cc(C(=O)NC2CC3CCC2C3)cc(Cl)n1. The Morgan fingerprint density at radius 1 is 1.40 bits per heavy atom. The first-order chi connectivity index (χ1) is 9.65. The molecule has 3 unspecified atom stereocenters. The molecule has 1 N–H and O–H groups in total. The Bertz CT molecular complexity index is 517. The number of hydrogen-bond donors (Lipinski definition) is 1. The fourth-order valence-corrected chi connectivity index (χ4v) is 3.97. The van der Waals surface area contributed by atoms with Gasteiger partial charge in [0, 0.05) is 17.3 Å². The van der Waals surface area contributed by atoms with Gasteiger partial charge in [-0.3, -0.25) is 4.79 Å². The zero-order valence-corrected chi connectivity index (χ0v) is 12.6. The van der Waals surface area contributed by atoms with Crippen molar-refractivity contribution in [2.45, 2.75) is 51.5 Å². The maximum Gasteiger partial charge on any atom is 0.251 e. The van der Waals surface area contributed by atoms with Gasteiger partial charge in [-0.25, -0.2) is 4.98 Å². The predicted octanol–water partition coefficient (Wildman–Crippen LogP) is 3.61. The standard InChI is InChI=1S/C16H21ClN2O/c1-2-3-13-8-12(9-15(17)18-13)16(20)19-14-7-10-4-5-11(14)6-10/h8-11,14H,2-7H2,1H3,(H,19,20). The van der Waals surface area contributed by atoms with E-state index >= 15 is 0 Å². The highest BCUT2D eigenvalue weighted by atomic mass is 35.5. The Labute approximate surface area is 125 Å². The molecule has 2 fully saturated rings. The van der Waals surface area contributed by atoms with Crippen molar-refractivity contribution < 1.29 is 4.79 Å². The topological polar surface area (TPSA) is 42.0 Å². The van der Waals surface area contributed by atoms with Crippen molar-refractivity contribution in [1.29, 1.82) is 0 Å². The number of pyridine rings is 1. The van der Waals surface area contributed by atoms with Gasteiger partial charge in [0.15, 0.2) is 0 Å². The molecule has 1 aromatic heterocycles. The minimum absolute atomic E-state index is 0.00389. The summed E-state index contributed by atoms with van der Waals surface area (Å²) in [5, 5.41) is 3.61. The summed E-state index contributed by atoms with van der Waals surface area (Å²) in [4.78, 5) is 16.6. The summed E-state index contributed by atoms with van der Waals surface area (Å²) >= 11 is 6.02. The Morgan fingerprint density at radius 2 is 2.25 bits per heavy atom. The van der Waals surface area contributed by atoms with Crippen LogP contribution in [0.25, 0.3) is 0 Å². The maximum absolute atomic E-state index is 12.4. The highest BCUT2D eigenvalue weighted by Crippen LogP contribution is 2.44. The Morgan fingerprint density at radius 3 is 2.90 bits per heavy atom. The number of halogens is 1. The number of fused-ring (bicyclic) bond motifs is 2. The zero-order valence-electron chi connectivity index (χ0n) is 11.9. The predicted molar refractivity (Wildman–Crippen MR) is 79.9 cm³/mol. The molecule has 2 aliphatic rings. The lowest BCUT2D eigenvalue weighted by Gasteiger charge is -2.23. The van der Waals surface area contributed by atoms with Gasteiger partial charge in [0.25, 0.3) is 5.91 Å². The molecule has 1 amide bonds. The fraction of sp³-hybridized carbons (Fsp3) is 0.625. The van der Waals surface area contributed by atoms with E-state index in [1.807, 2.05) is 6.07 Å². The first-order valence-corrected chi connectivity index (χ1v) is 8.01. The molecule has 2 bridgehead atoms. The molecule has 1 aromatic rings. The van der Waals surface area contributed by atoms with Crippen LogP contribution in [0.3, 0.4) is 0 Å². The lowest BCUT2D eigenvalue weighted by molar-refractivity contribution is 0.0922. The fourth-order valence-electron chi connectivity index (χ4n) is 3.74. The number of nitrogens with zero attached hydrogens (tertiary/aromatic N) is 1. The average molecular weight is 293 g/mol. The maximum atomic E-state index is 12.4. The van der Waals surface area contributed by atoms with Gasteiger partial charge in [-0.05, 0) is 49.7 Å². The van der Waals surface area contributed by atoms with Crippen LogP contribution in [-0.2, 0) is 6.42 Å². The number of carbonyl (C=O) groups is 1. The second-order valence-electron chi connectivity index (χ2n) is 6.17. The average Bonchev–Trinajstić information content (AvgIpc) is 3.00. The zero-order chi connectivity index (χ0) is 14.1. The summed E-state index contributed by atoms with van der Waals surface area (Å²) in [6.07, 6.45) is 6.92. The summed E-state index contributed by atoms with van der Waals surface area (Å²) in [5.74, 6) is 1.53. The van der Waals surface area contributed by atoms with Crippen LogP contribution in [0, 0.1) is 11.8 Å². The third kappa shape index (κ3) is 2.83. The van der Waals surface area contributed by atoms with Crippen molar-refractivity contribution in [3.63, 3.8) is 0 Å². The van der Waals surface area contributed by atoms with E-state index < -0.39 is 0 Å². The summed E-state index contributed by atoms with van der Waals surface area (Å²) in [6.45, 7) is 2.09. The molecule has 1 heterocycles. The second kappa shape index (κ2) is 5.72. The number of aryl methyl sites for hydroxylation is 1. The molecule has 20 heavy (non-hydrogen) atoms. The molecule has 3 atom stereocenters. The van der Waals surface area contributed by atoms with Crippen LogP contribution >= 0.6 is 11.6 Å². The van der Waals surface area contributed by atoms with E-state index in [1.54, 1.807) is 6.07 Å². The van der Waals surface area contributed by atoms with Gasteiger partial charge in [-0.1, -0.05) is 31.4 Å². The van der Waals surface area contributed by atoms with Crippen LogP contribution in [0.1, 0.15) is 55.1 Å². The quantitative estimate of drug-likeness (QED) is 0.862. The number of nitrogens with one attached hydrogen (secondary N) is 1. The largest absolute Gasteiger partial charge is 0.349 e. The minimum atomic E-state index is 0.00389. The molecule has 3 nitrogen and oxygen atoms in total. The van der Waals surface area contributed by atoms with Gasteiger partial charge >= 0.3 is 0 Å². The van der Waals surface area contributed by atoms with Crippen molar-refractivity contribution in [2.24, 2.45) is 11.8 Å². The van der Waals surface area contributed by atoms with Crippen molar-refractivity contribution in [1.82, 2.24) is 10.3 Å². The van der Waals surface area contributed by atoms with Crippen LogP contribution in [0.2, 0.25) is 5.15 Å². The lowest BCUT2D eigenvalue weighted by atomic mass is 9.95. The molecule has 2 saturated carbocycles. The number of carbonyl (C=O) groups excluding carboxylic acids is 1. The summed E-state index contributed by atoms with van der Waals surface area (Å²) in [7, 11) is 0. The third-order valence-electron chi connectivity index (χ3n) is 4.67. The van der Waals surface area contributed by atoms with Gasteiger partial charge in [0.2, 0.25) is 0 Å². The smallest absolute Gasteiger partial charge is 0.251 e. The van der Waals surface area contributed by atoms with Crippen molar-refractivity contribution in [3.8, 4) is 0 Å². The summed E-state index contributed by atoms with van der Waals surface area (Å²) in [6, 6.07) is 3.91. The Hall–Kier alpha value is -1.09. The summed E-state index contributed by atoms with van der Waals surface area (Å²) in [5.41, 5.74) is 1.55. The van der Waals surface area contributed by atoms with Gasteiger partial charge < -0.3 is 5.32 Å². The van der Waals surface area contributed by atoms with E-state index in [-0.39, 0.29) is 5.91 Å². The van der Waals surface area contributed by atoms with Crippen molar-refractivity contribution in [2.75, 3.05) is 0 Å². The number of hydrogen-bond acceptors (Lipinski definition) is 2. The van der Waals surface area contributed by atoms with E-state index in [9.17, 15) is 4.79 Å². The van der Waals surface area contributed by atoms with Gasteiger partial charge in [-0.15, -0.1) is 0 Å². The summed E-state index contributed by atoms with van der Waals surface area (Å²) < 4.78 is 0. The van der Waals surface area contributed by atoms with Crippen molar-refractivity contribution >= 4 is 17.5 Å². The van der Waals surface area contributed by atoms with Crippen molar-refractivity contribution in [3.05, 3.63) is 28.5 Å². The molecule has 0 aromatic carbocycles. The van der Waals surface area contributed by atoms with E-state index in [4.69, 9.17) is 11.6 Å². The van der Waals surface area contributed by atoms with E-state index in [0.29, 0.717) is 22.7 Å². The van der Waals surface area contributed by atoms with Crippen LogP contribution in [-0.4, -0.2) is 16.9 Å². The molecule has 108 valence electrons. The van der Waals surface area contributed by atoms with Crippen LogP contribution < -0.4 is 5.32 Å².